The first-order valence-electron chi connectivity index (χ1n) is 4.15. The van der Waals surface area contributed by atoms with Crippen LogP contribution in [-0.2, 0) is 4.74 Å². The first-order chi connectivity index (χ1) is 5.77. The van der Waals surface area contributed by atoms with E-state index in [9.17, 15) is 0 Å². The Morgan fingerprint density at radius 1 is 1.33 bits per heavy atom. The molecule has 4 heteroatoms. The Balaban J connectivity index is 2.13. The SMILES string of the molecule is ClCC(I)C(CCl)OCC1CC1. The van der Waals surface area contributed by atoms with Gasteiger partial charge in [0.2, 0.25) is 0 Å². The Hall–Kier alpha value is 1.27. The summed E-state index contributed by atoms with van der Waals surface area (Å²) in [7, 11) is 0. The molecule has 12 heavy (non-hydrogen) atoms. The van der Waals surface area contributed by atoms with Gasteiger partial charge in [0.05, 0.1) is 10.0 Å². The topological polar surface area (TPSA) is 9.23 Å². The van der Waals surface area contributed by atoms with Crippen molar-refractivity contribution in [2.45, 2.75) is 22.9 Å². The quantitative estimate of drug-likeness (QED) is 0.539. The second-order valence-corrected chi connectivity index (χ2v) is 5.36. The fraction of sp³-hybridized carbons (Fsp3) is 1.00. The second kappa shape index (κ2) is 5.89. The Bertz CT molecular complexity index is 130. The molecule has 0 heterocycles. The van der Waals surface area contributed by atoms with Crippen molar-refractivity contribution in [3.8, 4) is 0 Å². The van der Waals surface area contributed by atoms with Crippen LogP contribution in [0.4, 0.5) is 0 Å². The fourth-order valence-electron chi connectivity index (χ4n) is 0.889. The largest absolute Gasteiger partial charge is 0.376 e. The molecule has 1 fully saturated rings. The fourth-order valence-corrected chi connectivity index (χ4v) is 2.15. The summed E-state index contributed by atoms with van der Waals surface area (Å²) >= 11 is 13.8. The van der Waals surface area contributed by atoms with Gasteiger partial charge in [-0.15, -0.1) is 23.2 Å². The highest BCUT2D eigenvalue weighted by Gasteiger charge is 2.25. The van der Waals surface area contributed by atoms with Gasteiger partial charge in [0, 0.05) is 18.4 Å². The molecular formula is C8H13Cl2IO. The van der Waals surface area contributed by atoms with Crippen LogP contribution in [0, 0.1) is 5.92 Å². The van der Waals surface area contributed by atoms with Crippen molar-refractivity contribution in [2.24, 2.45) is 5.92 Å². The van der Waals surface area contributed by atoms with Gasteiger partial charge in [0.25, 0.3) is 0 Å². The molecule has 0 spiro atoms. The predicted molar refractivity (Wildman–Crippen MR) is 61.7 cm³/mol. The van der Waals surface area contributed by atoms with E-state index in [1.54, 1.807) is 0 Å². The number of alkyl halides is 3. The first-order valence-corrected chi connectivity index (χ1v) is 6.47. The minimum Gasteiger partial charge on any atom is -0.376 e. The van der Waals surface area contributed by atoms with Crippen LogP contribution in [0.5, 0.6) is 0 Å². The second-order valence-electron chi connectivity index (χ2n) is 3.14. The van der Waals surface area contributed by atoms with Gasteiger partial charge in [-0.05, 0) is 18.8 Å². The van der Waals surface area contributed by atoms with E-state index in [1.807, 2.05) is 0 Å². The Kier molecular flexibility index (Phi) is 5.57. The van der Waals surface area contributed by atoms with Gasteiger partial charge in [-0.1, -0.05) is 22.6 Å². The predicted octanol–water partition coefficient (Wildman–Crippen LogP) is 3.06. The smallest absolute Gasteiger partial charge is 0.0839 e. The van der Waals surface area contributed by atoms with E-state index in [2.05, 4.69) is 22.6 Å². The minimum absolute atomic E-state index is 0.130. The van der Waals surface area contributed by atoms with Crippen molar-refractivity contribution in [1.29, 1.82) is 0 Å². The number of halogens is 3. The molecule has 0 aromatic heterocycles. The molecule has 0 radical (unpaired) electrons. The lowest BCUT2D eigenvalue weighted by atomic mass is 10.3. The zero-order valence-electron chi connectivity index (χ0n) is 6.81. The summed E-state index contributed by atoms with van der Waals surface area (Å²) in [6.07, 6.45) is 2.77. The molecule has 0 saturated heterocycles. The molecule has 2 atom stereocenters. The van der Waals surface area contributed by atoms with Crippen LogP contribution in [0.2, 0.25) is 0 Å². The van der Waals surface area contributed by atoms with Crippen molar-refractivity contribution in [3.63, 3.8) is 0 Å². The summed E-state index contributed by atoms with van der Waals surface area (Å²) in [6, 6.07) is 0. The number of ether oxygens (including phenoxy) is 1. The highest BCUT2D eigenvalue weighted by Crippen LogP contribution is 2.30. The van der Waals surface area contributed by atoms with Crippen LogP contribution in [0.15, 0.2) is 0 Å². The molecule has 1 nitrogen and oxygen atoms in total. The van der Waals surface area contributed by atoms with Gasteiger partial charge < -0.3 is 4.74 Å². The lowest BCUT2D eigenvalue weighted by molar-refractivity contribution is 0.0650. The Labute approximate surface area is 97.3 Å². The van der Waals surface area contributed by atoms with Crippen molar-refractivity contribution >= 4 is 45.8 Å². The van der Waals surface area contributed by atoms with Crippen molar-refractivity contribution in [1.82, 2.24) is 0 Å². The van der Waals surface area contributed by atoms with E-state index < -0.39 is 0 Å². The summed E-state index contributed by atoms with van der Waals surface area (Å²) in [5.41, 5.74) is 0. The van der Waals surface area contributed by atoms with E-state index in [-0.39, 0.29) is 6.10 Å². The van der Waals surface area contributed by atoms with Crippen LogP contribution in [0.3, 0.4) is 0 Å². The van der Waals surface area contributed by atoms with Crippen LogP contribution < -0.4 is 0 Å². The van der Waals surface area contributed by atoms with Crippen LogP contribution in [0.25, 0.3) is 0 Å². The molecular weight excluding hydrogens is 310 g/mol. The van der Waals surface area contributed by atoms with Gasteiger partial charge in [0.15, 0.2) is 0 Å². The van der Waals surface area contributed by atoms with E-state index in [0.717, 1.165) is 12.5 Å². The normalized spacial score (nSPS) is 22.2. The summed E-state index contributed by atoms with van der Waals surface area (Å²) in [6.45, 7) is 0.869. The third-order valence-electron chi connectivity index (χ3n) is 1.95. The molecule has 0 N–H and O–H groups in total. The molecule has 0 bridgehead atoms. The molecule has 0 aliphatic heterocycles. The van der Waals surface area contributed by atoms with Crippen LogP contribution in [0.1, 0.15) is 12.8 Å². The Morgan fingerprint density at radius 3 is 2.42 bits per heavy atom. The molecule has 0 amide bonds. The molecule has 0 aromatic rings. The molecule has 1 rings (SSSR count). The number of rotatable bonds is 6. The molecule has 1 aliphatic carbocycles. The molecule has 0 aromatic carbocycles. The zero-order chi connectivity index (χ0) is 8.97. The maximum Gasteiger partial charge on any atom is 0.0839 e. The maximum atomic E-state index is 5.76. The molecule has 72 valence electrons. The minimum atomic E-state index is 0.130. The summed E-state index contributed by atoms with van der Waals surface area (Å²) < 4.78 is 5.98. The maximum absolute atomic E-state index is 5.76. The van der Waals surface area contributed by atoms with Gasteiger partial charge in [-0.2, -0.15) is 0 Å². The monoisotopic (exact) mass is 322 g/mol. The van der Waals surface area contributed by atoms with Crippen molar-refractivity contribution < 1.29 is 4.74 Å². The highest BCUT2D eigenvalue weighted by molar-refractivity contribution is 14.1. The summed E-state index contributed by atoms with van der Waals surface area (Å²) in [5, 5.41) is 0. The third-order valence-corrected chi connectivity index (χ3v) is 4.35. The summed E-state index contributed by atoms with van der Waals surface area (Å²) in [5.74, 6) is 1.96. The van der Waals surface area contributed by atoms with Crippen molar-refractivity contribution in [2.75, 3.05) is 18.4 Å². The zero-order valence-corrected chi connectivity index (χ0v) is 10.5. The first kappa shape index (κ1) is 11.3. The van der Waals surface area contributed by atoms with E-state index in [0.29, 0.717) is 15.7 Å². The molecule has 1 saturated carbocycles. The average Bonchev–Trinajstić information content (AvgIpc) is 2.88. The lowest BCUT2D eigenvalue weighted by Crippen LogP contribution is -2.28. The van der Waals surface area contributed by atoms with Gasteiger partial charge in [0.1, 0.15) is 0 Å². The average molecular weight is 323 g/mol. The van der Waals surface area contributed by atoms with Crippen LogP contribution >= 0.6 is 45.8 Å². The van der Waals surface area contributed by atoms with E-state index in [4.69, 9.17) is 27.9 Å². The van der Waals surface area contributed by atoms with Crippen LogP contribution in [-0.4, -0.2) is 28.4 Å². The Morgan fingerprint density at radius 2 is 2.00 bits per heavy atom. The van der Waals surface area contributed by atoms with E-state index >= 15 is 0 Å². The molecule has 2 unspecified atom stereocenters. The van der Waals surface area contributed by atoms with Gasteiger partial charge >= 0.3 is 0 Å². The summed E-state index contributed by atoms with van der Waals surface area (Å²) in [4.78, 5) is 0. The van der Waals surface area contributed by atoms with Gasteiger partial charge in [-0.3, -0.25) is 0 Å². The number of hydrogen-bond acceptors (Lipinski definition) is 1. The highest BCUT2D eigenvalue weighted by atomic mass is 127. The number of hydrogen-bond donors (Lipinski definition) is 0. The third kappa shape index (κ3) is 3.99. The van der Waals surface area contributed by atoms with E-state index in [1.165, 1.54) is 12.8 Å². The van der Waals surface area contributed by atoms with Gasteiger partial charge in [-0.25, -0.2) is 0 Å². The van der Waals surface area contributed by atoms with Crippen molar-refractivity contribution in [3.05, 3.63) is 0 Å². The standard InChI is InChI=1S/C8H13Cl2IO/c9-3-7(11)8(4-10)12-5-6-1-2-6/h6-8H,1-5H2. The lowest BCUT2D eigenvalue weighted by Gasteiger charge is -2.18. The molecule has 1 aliphatic rings.